The summed E-state index contributed by atoms with van der Waals surface area (Å²) in [7, 11) is 0. The van der Waals surface area contributed by atoms with Gasteiger partial charge in [0.1, 0.15) is 18.1 Å². The van der Waals surface area contributed by atoms with Gasteiger partial charge in [0.05, 0.1) is 30.7 Å². The Hall–Kier alpha value is -5.43. The lowest BCUT2D eigenvalue weighted by Gasteiger charge is -2.34. The zero-order chi connectivity index (χ0) is 40.9. The van der Waals surface area contributed by atoms with Gasteiger partial charge in [-0.25, -0.2) is 0 Å². The predicted molar refractivity (Wildman–Crippen MR) is 207 cm³/mol. The molecule has 18 nitrogen and oxygen atoms in total. The first-order chi connectivity index (χ1) is 26.6. The lowest BCUT2D eigenvalue weighted by Crippen LogP contribution is -2.52. The number of nitrogens with one attached hydrogen (secondary N) is 3. The molecule has 4 rings (SSSR count). The fourth-order valence-corrected chi connectivity index (χ4v) is 6.49. The summed E-state index contributed by atoms with van der Waals surface area (Å²) >= 11 is 0. The van der Waals surface area contributed by atoms with Gasteiger partial charge in [-0.05, 0) is 45.0 Å². The molecule has 1 fully saturated rings. The monoisotopic (exact) mass is 780 g/mol. The minimum Gasteiger partial charge on any atom is -0.480 e. The van der Waals surface area contributed by atoms with Crippen molar-refractivity contribution in [3.63, 3.8) is 0 Å². The van der Waals surface area contributed by atoms with Crippen molar-refractivity contribution >= 4 is 57.4 Å². The molecule has 0 unspecified atom stereocenters. The summed E-state index contributed by atoms with van der Waals surface area (Å²) in [6, 6.07) is 11.5. The van der Waals surface area contributed by atoms with Crippen LogP contribution in [0.15, 0.2) is 53.3 Å². The van der Waals surface area contributed by atoms with E-state index in [0.717, 1.165) is 11.0 Å². The van der Waals surface area contributed by atoms with Crippen LogP contribution in [0.2, 0.25) is 0 Å². The fourth-order valence-electron chi connectivity index (χ4n) is 6.49. The van der Waals surface area contributed by atoms with E-state index in [2.05, 4.69) is 25.4 Å². The number of carbonyl (C=O) groups excluding carboxylic acids is 3. The zero-order valence-corrected chi connectivity index (χ0v) is 32.0. The molecule has 18 heteroatoms. The SMILES string of the molecule is C[C@H](NC(=O)CN1CCN(CCn2c3ccccc3c(=O)c3ccccc32)CCN(CC(=O)N[C@H](C)C(=O)O)CCN(CC(=O)N[C@@H](C)C(=O)O)CC1)C(=O)O. The summed E-state index contributed by atoms with van der Waals surface area (Å²) in [6.07, 6.45) is 0. The highest BCUT2D eigenvalue weighted by molar-refractivity contribution is 5.93. The molecule has 1 aromatic heterocycles. The smallest absolute Gasteiger partial charge is 0.325 e. The van der Waals surface area contributed by atoms with E-state index in [-0.39, 0.29) is 51.2 Å². The molecule has 6 N–H and O–H groups in total. The lowest BCUT2D eigenvalue weighted by molar-refractivity contribution is -0.141. The number of fused-ring (bicyclic) bond motifs is 2. The summed E-state index contributed by atoms with van der Waals surface area (Å²) in [5.74, 6) is -5.05. The molecule has 56 heavy (non-hydrogen) atoms. The van der Waals surface area contributed by atoms with E-state index in [1.165, 1.54) is 20.8 Å². The number of hydrogen-bond acceptors (Lipinski definition) is 11. The van der Waals surface area contributed by atoms with Gasteiger partial charge in [0.2, 0.25) is 17.7 Å². The average Bonchev–Trinajstić information content (AvgIpc) is 3.15. The van der Waals surface area contributed by atoms with Crippen LogP contribution in [0.5, 0.6) is 0 Å². The van der Waals surface area contributed by atoms with E-state index in [0.29, 0.717) is 50.0 Å². The van der Waals surface area contributed by atoms with Crippen molar-refractivity contribution in [2.75, 3.05) is 78.5 Å². The standard InChI is InChI=1S/C38H52N8O10/c1-25(36(51)52)39-32(47)22-43-14-12-42(20-21-46-30-10-6-4-8-28(30)35(50)29-9-5-7-11-31(29)46)13-15-44(23-33(48)40-26(2)37(53)54)17-19-45(18-16-43)24-34(49)41-27(3)38(55)56/h4-11,25-27H,12-24H2,1-3H3,(H,39,47)(H,40,48)(H,41,49)(H,51,52)(H,53,54)(H,55,56)/t25-,26+,27-/m0/s1. The number of carboxylic acids is 3. The van der Waals surface area contributed by atoms with Crippen LogP contribution in [0, 0.1) is 0 Å². The first-order valence-electron chi connectivity index (χ1n) is 18.6. The van der Waals surface area contributed by atoms with Crippen LogP contribution in [0.25, 0.3) is 21.8 Å². The topological polar surface area (TPSA) is 234 Å². The van der Waals surface area contributed by atoms with E-state index in [1.54, 1.807) is 17.0 Å². The molecule has 2 aromatic carbocycles. The molecule has 1 saturated heterocycles. The van der Waals surface area contributed by atoms with Crippen LogP contribution in [0.3, 0.4) is 0 Å². The number of carboxylic acid groups (broad SMARTS) is 3. The molecule has 0 radical (unpaired) electrons. The van der Waals surface area contributed by atoms with E-state index < -0.39 is 53.8 Å². The summed E-state index contributed by atoms with van der Waals surface area (Å²) in [5, 5.41) is 36.6. The van der Waals surface area contributed by atoms with Crippen molar-refractivity contribution in [2.45, 2.75) is 45.4 Å². The van der Waals surface area contributed by atoms with Gasteiger partial charge in [-0.1, -0.05) is 24.3 Å². The second-order valence-electron chi connectivity index (χ2n) is 14.1. The molecule has 1 aliphatic heterocycles. The third kappa shape index (κ3) is 12.6. The molecule has 3 amide bonds. The van der Waals surface area contributed by atoms with E-state index >= 15 is 0 Å². The zero-order valence-electron chi connectivity index (χ0n) is 32.0. The Morgan fingerprint density at radius 1 is 0.518 bits per heavy atom. The maximum Gasteiger partial charge on any atom is 0.325 e. The lowest BCUT2D eigenvalue weighted by atomic mass is 10.1. The molecule has 1 aliphatic rings. The molecule has 0 bridgehead atoms. The van der Waals surface area contributed by atoms with Crippen LogP contribution < -0.4 is 21.4 Å². The van der Waals surface area contributed by atoms with Crippen molar-refractivity contribution in [2.24, 2.45) is 0 Å². The highest BCUT2D eigenvalue weighted by Crippen LogP contribution is 2.19. The number of nitrogens with zero attached hydrogens (tertiary/aromatic N) is 5. The number of benzene rings is 2. The van der Waals surface area contributed by atoms with E-state index in [4.69, 9.17) is 0 Å². The minimum atomic E-state index is -1.20. The summed E-state index contributed by atoms with van der Waals surface area (Å²) in [6.45, 7) is 7.42. The first kappa shape index (κ1) is 43.3. The molecule has 2 heterocycles. The number of carbonyl (C=O) groups is 6. The highest BCUT2D eigenvalue weighted by atomic mass is 16.4. The van der Waals surface area contributed by atoms with Crippen LogP contribution in [0.1, 0.15) is 20.8 Å². The fraction of sp³-hybridized carbons (Fsp3) is 0.500. The quantitative estimate of drug-likeness (QED) is 0.103. The largest absolute Gasteiger partial charge is 0.480 e. The first-order valence-corrected chi connectivity index (χ1v) is 18.6. The molecular weight excluding hydrogens is 728 g/mol. The normalized spacial score (nSPS) is 17.2. The number of pyridine rings is 1. The van der Waals surface area contributed by atoms with Gasteiger partial charge >= 0.3 is 17.9 Å². The Morgan fingerprint density at radius 2 is 0.821 bits per heavy atom. The van der Waals surface area contributed by atoms with Crippen LogP contribution in [0.4, 0.5) is 0 Å². The van der Waals surface area contributed by atoms with Crippen molar-refractivity contribution in [3.05, 3.63) is 58.8 Å². The van der Waals surface area contributed by atoms with Gasteiger partial charge in [-0.15, -0.1) is 0 Å². The molecule has 0 saturated carbocycles. The second kappa shape index (κ2) is 20.5. The minimum absolute atomic E-state index is 0.0565. The van der Waals surface area contributed by atoms with Gasteiger partial charge in [-0.2, -0.15) is 0 Å². The molecule has 3 atom stereocenters. The van der Waals surface area contributed by atoms with Crippen LogP contribution in [-0.4, -0.2) is 172 Å². The summed E-state index contributed by atoms with van der Waals surface area (Å²) in [4.78, 5) is 94.2. The maximum atomic E-state index is 13.4. The summed E-state index contributed by atoms with van der Waals surface area (Å²) < 4.78 is 2.10. The second-order valence-corrected chi connectivity index (χ2v) is 14.1. The van der Waals surface area contributed by atoms with Crippen molar-refractivity contribution in [1.29, 1.82) is 0 Å². The predicted octanol–water partition coefficient (Wildman–Crippen LogP) is -0.856. The average molecular weight is 781 g/mol. The molecule has 304 valence electrons. The summed E-state index contributed by atoms with van der Waals surface area (Å²) in [5.41, 5.74) is 1.51. The van der Waals surface area contributed by atoms with Crippen LogP contribution >= 0.6 is 0 Å². The van der Waals surface area contributed by atoms with E-state index in [9.17, 15) is 48.9 Å². The highest BCUT2D eigenvalue weighted by Gasteiger charge is 2.24. The van der Waals surface area contributed by atoms with Gasteiger partial charge in [0.25, 0.3) is 0 Å². The number of para-hydroxylation sites is 2. The van der Waals surface area contributed by atoms with Crippen LogP contribution in [-0.2, 0) is 35.3 Å². The number of hydrogen-bond donors (Lipinski definition) is 6. The van der Waals surface area contributed by atoms with Crippen molar-refractivity contribution < 1.29 is 44.1 Å². The number of rotatable bonds is 15. The van der Waals surface area contributed by atoms with Crippen molar-refractivity contribution in [1.82, 2.24) is 40.1 Å². The third-order valence-electron chi connectivity index (χ3n) is 9.79. The Kier molecular flexibility index (Phi) is 15.8. The Morgan fingerprint density at radius 3 is 1.14 bits per heavy atom. The van der Waals surface area contributed by atoms with Gasteiger partial charge in [0, 0.05) is 76.2 Å². The third-order valence-corrected chi connectivity index (χ3v) is 9.79. The Balaban J connectivity index is 1.62. The number of amides is 3. The van der Waals surface area contributed by atoms with Gasteiger partial charge in [0.15, 0.2) is 5.43 Å². The molecule has 0 aliphatic carbocycles. The Bertz CT molecular complexity index is 1840. The van der Waals surface area contributed by atoms with Gasteiger partial charge < -0.3 is 35.8 Å². The Labute approximate surface area is 324 Å². The number of aliphatic carboxylic acids is 3. The van der Waals surface area contributed by atoms with Gasteiger partial charge in [-0.3, -0.25) is 53.2 Å². The molecular formula is C38H52N8O10. The van der Waals surface area contributed by atoms with Crippen molar-refractivity contribution in [3.8, 4) is 0 Å². The maximum absolute atomic E-state index is 13.4. The van der Waals surface area contributed by atoms with E-state index in [1.807, 2.05) is 46.2 Å². The number of aromatic nitrogens is 1. The molecule has 0 spiro atoms. The molecule has 3 aromatic rings.